The van der Waals surface area contributed by atoms with E-state index in [-0.39, 0.29) is 0 Å². The summed E-state index contributed by atoms with van der Waals surface area (Å²) in [7, 11) is 0. The van der Waals surface area contributed by atoms with Crippen LogP contribution in [0.4, 0.5) is 0 Å². The van der Waals surface area contributed by atoms with Crippen molar-refractivity contribution >= 4 is 5.97 Å². The number of fused-ring (bicyclic) bond motifs is 4. The van der Waals surface area contributed by atoms with E-state index in [2.05, 4.69) is 0 Å². The van der Waals surface area contributed by atoms with Crippen molar-refractivity contribution in [3.8, 4) is 0 Å². The van der Waals surface area contributed by atoms with Gasteiger partial charge in [0.2, 0.25) is 0 Å². The van der Waals surface area contributed by atoms with Gasteiger partial charge in [-0.05, 0) is 49.9 Å². The molecule has 0 amide bonds. The van der Waals surface area contributed by atoms with E-state index >= 15 is 0 Å². The summed E-state index contributed by atoms with van der Waals surface area (Å²) in [6.45, 7) is 0. The molecule has 0 aromatic heterocycles. The van der Waals surface area contributed by atoms with Crippen LogP contribution < -0.4 is 0 Å². The van der Waals surface area contributed by atoms with E-state index in [9.17, 15) is 4.79 Å². The zero-order chi connectivity index (χ0) is 9.71. The van der Waals surface area contributed by atoms with Gasteiger partial charge in [0.1, 0.15) is 0 Å². The number of rotatable bonds is 2. The molecule has 2 fully saturated rings. The Balaban J connectivity index is 1.82. The Morgan fingerprint density at radius 2 is 2.29 bits per heavy atom. The van der Waals surface area contributed by atoms with E-state index in [0.29, 0.717) is 18.3 Å². The molecule has 3 atom stereocenters. The molecule has 0 aliphatic heterocycles. The molecule has 2 nitrogen and oxygen atoms in total. The Morgan fingerprint density at radius 3 is 3.07 bits per heavy atom. The first-order chi connectivity index (χ1) is 6.75. The quantitative estimate of drug-likeness (QED) is 0.683. The maximum absolute atomic E-state index is 10.7. The van der Waals surface area contributed by atoms with Gasteiger partial charge in [-0.2, -0.15) is 0 Å². The maximum Gasteiger partial charge on any atom is 0.303 e. The van der Waals surface area contributed by atoms with Gasteiger partial charge in [0, 0.05) is 6.42 Å². The lowest BCUT2D eigenvalue weighted by Gasteiger charge is -2.25. The summed E-state index contributed by atoms with van der Waals surface area (Å²) in [6, 6.07) is 0. The highest BCUT2D eigenvalue weighted by molar-refractivity contribution is 5.67. The molecular formula is C12H16O2. The van der Waals surface area contributed by atoms with Crippen LogP contribution in [0.5, 0.6) is 0 Å². The Morgan fingerprint density at radius 1 is 1.43 bits per heavy atom. The molecule has 0 spiro atoms. The van der Waals surface area contributed by atoms with Crippen molar-refractivity contribution in [1.29, 1.82) is 0 Å². The molecule has 14 heavy (non-hydrogen) atoms. The van der Waals surface area contributed by atoms with Gasteiger partial charge in [-0.25, -0.2) is 0 Å². The number of hydrogen-bond acceptors (Lipinski definition) is 1. The number of carbonyl (C=O) groups is 1. The van der Waals surface area contributed by atoms with Gasteiger partial charge >= 0.3 is 5.97 Å². The second-order valence-electron chi connectivity index (χ2n) is 5.06. The first-order valence-corrected chi connectivity index (χ1v) is 5.68. The fraction of sp³-hybridized carbons (Fsp3) is 0.750. The molecule has 2 heteroatoms. The van der Waals surface area contributed by atoms with Gasteiger partial charge in [0.05, 0.1) is 0 Å². The summed E-state index contributed by atoms with van der Waals surface area (Å²) >= 11 is 0. The van der Waals surface area contributed by atoms with Crippen LogP contribution in [0, 0.1) is 17.8 Å². The zero-order valence-corrected chi connectivity index (χ0v) is 8.33. The van der Waals surface area contributed by atoms with Crippen molar-refractivity contribution in [3.63, 3.8) is 0 Å². The summed E-state index contributed by atoms with van der Waals surface area (Å²) in [5, 5.41) is 8.83. The lowest BCUT2D eigenvalue weighted by molar-refractivity contribution is -0.138. The summed E-state index contributed by atoms with van der Waals surface area (Å²) in [6.07, 6.45) is 6.73. The highest BCUT2D eigenvalue weighted by Crippen LogP contribution is 2.57. The Kier molecular flexibility index (Phi) is 1.73. The minimum atomic E-state index is -0.609. The van der Waals surface area contributed by atoms with Gasteiger partial charge in [-0.1, -0.05) is 11.1 Å². The number of allylic oxidation sites excluding steroid dienone is 2. The van der Waals surface area contributed by atoms with Crippen LogP contribution in [-0.2, 0) is 4.79 Å². The fourth-order valence-electron chi connectivity index (χ4n) is 3.97. The van der Waals surface area contributed by atoms with Gasteiger partial charge in [-0.15, -0.1) is 0 Å². The lowest BCUT2D eigenvalue weighted by atomic mass is 9.79. The summed E-state index contributed by atoms with van der Waals surface area (Å²) in [4.78, 5) is 10.7. The van der Waals surface area contributed by atoms with Gasteiger partial charge < -0.3 is 5.11 Å². The SMILES string of the molecule is O=C(O)CC1CC2=C3CCCC3C1C2. The van der Waals surface area contributed by atoms with E-state index in [4.69, 9.17) is 5.11 Å². The molecule has 0 aromatic rings. The predicted octanol–water partition coefficient (Wildman–Crippen LogP) is 2.60. The van der Waals surface area contributed by atoms with Crippen LogP contribution in [-0.4, -0.2) is 11.1 Å². The van der Waals surface area contributed by atoms with Crippen molar-refractivity contribution in [2.24, 2.45) is 17.8 Å². The number of carboxylic acid groups (broad SMARTS) is 1. The van der Waals surface area contributed by atoms with Crippen LogP contribution >= 0.6 is 0 Å². The molecule has 3 aliphatic carbocycles. The second-order valence-corrected chi connectivity index (χ2v) is 5.06. The Labute approximate surface area is 84.0 Å². The molecule has 76 valence electrons. The standard InChI is InChI=1S/C12H16O2/c13-12(14)6-8-4-7-5-11(8)10-3-1-2-9(7)10/h8,10-11H,1-6H2,(H,13,14). The fourth-order valence-corrected chi connectivity index (χ4v) is 3.97. The van der Waals surface area contributed by atoms with Gasteiger partial charge in [0.15, 0.2) is 0 Å². The topological polar surface area (TPSA) is 37.3 Å². The van der Waals surface area contributed by atoms with Crippen molar-refractivity contribution in [3.05, 3.63) is 11.1 Å². The monoisotopic (exact) mass is 192 g/mol. The second kappa shape index (κ2) is 2.85. The van der Waals surface area contributed by atoms with Crippen LogP contribution in [0.3, 0.4) is 0 Å². The van der Waals surface area contributed by atoms with Gasteiger partial charge in [0.25, 0.3) is 0 Å². The van der Waals surface area contributed by atoms with Crippen LogP contribution in [0.2, 0.25) is 0 Å². The summed E-state index contributed by atoms with van der Waals surface area (Å²) < 4.78 is 0. The summed E-state index contributed by atoms with van der Waals surface area (Å²) in [5.74, 6) is 1.36. The van der Waals surface area contributed by atoms with Gasteiger partial charge in [-0.3, -0.25) is 4.79 Å². The third-order valence-corrected chi connectivity index (χ3v) is 4.41. The third-order valence-electron chi connectivity index (χ3n) is 4.41. The Bertz CT molecular complexity index is 316. The third kappa shape index (κ3) is 1.06. The van der Waals surface area contributed by atoms with E-state index in [1.54, 1.807) is 11.1 Å². The smallest absolute Gasteiger partial charge is 0.303 e. The lowest BCUT2D eigenvalue weighted by Crippen LogP contribution is -2.20. The average Bonchev–Trinajstić information content (AvgIpc) is 2.68. The normalized spacial score (nSPS) is 39.3. The van der Waals surface area contributed by atoms with Crippen LogP contribution in [0.1, 0.15) is 38.5 Å². The Hall–Kier alpha value is -0.790. The highest BCUT2D eigenvalue weighted by atomic mass is 16.4. The van der Waals surface area contributed by atoms with E-state index in [0.717, 1.165) is 12.3 Å². The molecule has 3 unspecified atom stereocenters. The molecule has 3 aliphatic rings. The maximum atomic E-state index is 10.7. The molecule has 0 radical (unpaired) electrons. The first-order valence-electron chi connectivity index (χ1n) is 5.68. The molecule has 2 saturated carbocycles. The largest absolute Gasteiger partial charge is 0.481 e. The average molecular weight is 192 g/mol. The summed E-state index contributed by atoms with van der Waals surface area (Å²) in [5.41, 5.74) is 3.38. The molecule has 3 rings (SSSR count). The molecule has 0 aromatic carbocycles. The first kappa shape index (κ1) is 8.51. The highest BCUT2D eigenvalue weighted by Gasteiger charge is 2.46. The minimum absolute atomic E-state index is 0.401. The molecule has 0 saturated heterocycles. The van der Waals surface area contributed by atoms with Crippen LogP contribution in [0.25, 0.3) is 0 Å². The molecule has 2 bridgehead atoms. The molecular weight excluding hydrogens is 176 g/mol. The predicted molar refractivity (Wildman–Crippen MR) is 52.8 cm³/mol. The number of aliphatic carboxylic acids is 1. The van der Waals surface area contributed by atoms with E-state index in [1.165, 1.54) is 25.7 Å². The number of hydrogen-bond donors (Lipinski definition) is 1. The minimum Gasteiger partial charge on any atom is -0.481 e. The van der Waals surface area contributed by atoms with Crippen molar-refractivity contribution < 1.29 is 9.90 Å². The molecule has 1 N–H and O–H groups in total. The van der Waals surface area contributed by atoms with Crippen molar-refractivity contribution in [2.45, 2.75) is 38.5 Å². The van der Waals surface area contributed by atoms with Crippen LogP contribution in [0.15, 0.2) is 11.1 Å². The van der Waals surface area contributed by atoms with Crippen molar-refractivity contribution in [2.75, 3.05) is 0 Å². The molecule has 0 heterocycles. The van der Waals surface area contributed by atoms with E-state index < -0.39 is 5.97 Å². The number of carboxylic acids is 1. The van der Waals surface area contributed by atoms with Crippen molar-refractivity contribution in [1.82, 2.24) is 0 Å². The van der Waals surface area contributed by atoms with E-state index in [1.807, 2.05) is 0 Å². The zero-order valence-electron chi connectivity index (χ0n) is 8.33.